The maximum Gasteiger partial charge on any atom is 0.339 e. The van der Waals surface area contributed by atoms with Crippen LogP contribution in [0, 0.1) is 0 Å². The van der Waals surface area contributed by atoms with Crippen molar-refractivity contribution in [2.24, 2.45) is 0 Å². The van der Waals surface area contributed by atoms with Crippen LogP contribution in [-0.4, -0.2) is 37.5 Å². The number of nitrogens with zero attached hydrogens (tertiary/aromatic N) is 1. The van der Waals surface area contributed by atoms with Gasteiger partial charge in [0.05, 0.1) is 37.5 Å². The quantitative estimate of drug-likeness (QED) is 0.417. The maximum atomic E-state index is 13.1. The molecule has 8 heteroatoms. The largest absolute Gasteiger partial charge is 0.493 e. The van der Waals surface area contributed by atoms with E-state index in [1.165, 1.54) is 19.1 Å². The number of hydrogen-bond acceptors (Lipinski definition) is 7. The summed E-state index contributed by atoms with van der Waals surface area (Å²) in [6, 6.07) is 12.1. The number of thioether (sulfide) groups is 1. The highest BCUT2D eigenvalue weighted by Crippen LogP contribution is 2.40. The van der Waals surface area contributed by atoms with E-state index in [2.05, 4.69) is 0 Å². The fourth-order valence-corrected chi connectivity index (χ4v) is 4.07. The minimum Gasteiger partial charge on any atom is -0.493 e. The van der Waals surface area contributed by atoms with Gasteiger partial charge >= 0.3 is 5.97 Å². The van der Waals surface area contributed by atoms with Crippen molar-refractivity contribution in [3.05, 3.63) is 58.5 Å². The molecule has 0 atom stereocenters. The van der Waals surface area contributed by atoms with Crippen molar-refractivity contribution < 1.29 is 23.8 Å². The van der Waals surface area contributed by atoms with Gasteiger partial charge in [0.2, 0.25) is 0 Å². The van der Waals surface area contributed by atoms with Crippen molar-refractivity contribution in [2.75, 3.05) is 26.2 Å². The highest BCUT2D eigenvalue weighted by Gasteiger charge is 2.35. The van der Waals surface area contributed by atoms with Crippen LogP contribution in [0.1, 0.15) is 15.9 Å². The molecule has 1 aliphatic heterocycles. The van der Waals surface area contributed by atoms with Crippen LogP contribution in [0.2, 0.25) is 0 Å². The van der Waals surface area contributed by atoms with Gasteiger partial charge in [0, 0.05) is 5.56 Å². The first-order valence-corrected chi connectivity index (χ1v) is 9.40. The van der Waals surface area contributed by atoms with E-state index in [0.717, 1.165) is 11.8 Å². The molecule has 2 aromatic rings. The van der Waals surface area contributed by atoms with Gasteiger partial charge in [-0.1, -0.05) is 48.2 Å². The zero-order valence-electron chi connectivity index (χ0n) is 15.4. The lowest BCUT2D eigenvalue weighted by Crippen LogP contribution is -2.29. The first kappa shape index (κ1) is 19.9. The number of hydrogen-bond donors (Lipinski definition) is 0. The molecule has 0 N–H and O–H groups in total. The van der Waals surface area contributed by atoms with E-state index in [4.69, 9.17) is 26.4 Å². The van der Waals surface area contributed by atoms with Gasteiger partial charge in [-0.05, 0) is 24.3 Å². The molecule has 1 saturated heterocycles. The fraction of sp³-hybridized carbons (Fsp3) is 0.150. The van der Waals surface area contributed by atoms with Crippen LogP contribution in [0.4, 0.5) is 5.69 Å². The molecule has 0 radical (unpaired) electrons. The molecular weight excluding hydrogens is 398 g/mol. The lowest BCUT2D eigenvalue weighted by atomic mass is 10.1. The molecule has 28 heavy (non-hydrogen) atoms. The number of thiocarbonyl (C=S) groups is 1. The van der Waals surface area contributed by atoms with Gasteiger partial charge in [-0.25, -0.2) is 4.79 Å². The summed E-state index contributed by atoms with van der Waals surface area (Å²) < 4.78 is 15.9. The summed E-state index contributed by atoms with van der Waals surface area (Å²) in [5, 5.41) is 0. The van der Waals surface area contributed by atoms with Crippen LogP contribution < -0.4 is 14.4 Å². The molecule has 2 aromatic carbocycles. The molecule has 1 fully saturated rings. The molecule has 0 saturated carbocycles. The van der Waals surface area contributed by atoms with Gasteiger partial charge in [-0.15, -0.1) is 0 Å². The zero-order valence-corrected chi connectivity index (χ0v) is 17.1. The minimum absolute atomic E-state index is 0.265. The van der Waals surface area contributed by atoms with Crippen LogP contribution in [-0.2, 0) is 9.53 Å². The van der Waals surface area contributed by atoms with E-state index in [-0.39, 0.29) is 11.5 Å². The molecule has 144 valence electrons. The summed E-state index contributed by atoms with van der Waals surface area (Å²) in [6.45, 7) is 0. The molecule has 0 bridgehead atoms. The van der Waals surface area contributed by atoms with E-state index in [1.807, 2.05) is 6.07 Å². The standard InChI is InChI=1S/C20H17NO5S2/c1-24-15-10-6-7-12(17(15)25-2)11-16-18(22)21(20(27)28-16)14-9-5-4-8-13(14)19(23)26-3/h4-11H,1-3H3/b16-11-. The minimum atomic E-state index is -0.539. The maximum absolute atomic E-state index is 13.1. The molecule has 0 spiro atoms. The van der Waals surface area contributed by atoms with E-state index in [0.29, 0.717) is 32.0 Å². The third kappa shape index (κ3) is 3.61. The van der Waals surface area contributed by atoms with E-state index in [1.54, 1.807) is 49.6 Å². The Balaban J connectivity index is 2.03. The second-order valence-corrected chi connectivity index (χ2v) is 7.28. The average molecular weight is 415 g/mol. The van der Waals surface area contributed by atoms with Crippen molar-refractivity contribution in [2.45, 2.75) is 0 Å². The van der Waals surface area contributed by atoms with Gasteiger partial charge < -0.3 is 14.2 Å². The Bertz CT molecular complexity index is 986. The van der Waals surface area contributed by atoms with Crippen LogP contribution in [0.25, 0.3) is 6.08 Å². The molecule has 1 heterocycles. The number of amides is 1. The van der Waals surface area contributed by atoms with E-state index in [9.17, 15) is 9.59 Å². The lowest BCUT2D eigenvalue weighted by molar-refractivity contribution is -0.113. The van der Waals surface area contributed by atoms with Gasteiger partial charge in [0.15, 0.2) is 15.8 Å². The Hall–Kier alpha value is -2.84. The van der Waals surface area contributed by atoms with Gasteiger partial charge in [-0.2, -0.15) is 0 Å². The van der Waals surface area contributed by atoms with Crippen molar-refractivity contribution in [3.63, 3.8) is 0 Å². The topological polar surface area (TPSA) is 65.1 Å². The van der Waals surface area contributed by atoms with Gasteiger partial charge in [0.1, 0.15) is 0 Å². The fourth-order valence-electron chi connectivity index (χ4n) is 2.79. The normalized spacial score (nSPS) is 15.1. The number of ether oxygens (including phenoxy) is 3. The number of benzene rings is 2. The second-order valence-electron chi connectivity index (χ2n) is 5.61. The zero-order chi connectivity index (χ0) is 20.3. The molecule has 0 aromatic heterocycles. The number of carbonyl (C=O) groups excluding carboxylic acids is 2. The number of para-hydroxylation sites is 2. The second kappa shape index (κ2) is 8.45. The van der Waals surface area contributed by atoms with Gasteiger partial charge in [0.25, 0.3) is 5.91 Å². The highest BCUT2D eigenvalue weighted by molar-refractivity contribution is 8.27. The first-order valence-electron chi connectivity index (χ1n) is 8.18. The molecular formula is C20H17NO5S2. The third-order valence-electron chi connectivity index (χ3n) is 4.06. The summed E-state index contributed by atoms with van der Waals surface area (Å²) in [5.41, 5.74) is 1.34. The molecule has 0 unspecified atom stereocenters. The molecule has 1 amide bonds. The SMILES string of the molecule is COC(=O)c1ccccc1N1C(=O)/C(=C/c2cccc(OC)c2OC)SC1=S. The van der Waals surface area contributed by atoms with Crippen molar-refractivity contribution >= 4 is 51.9 Å². The first-order chi connectivity index (χ1) is 13.5. The number of carbonyl (C=O) groups is 2. The summed E-state index contributed by atoms with van der Waals surface area (Å²) in [7, 11) is 4.37. The summed E-state index contributed by atoms with van der Waals surface area (Å²) >= 11 is 6.56. The number of methoxy groups -OCH3 is 3. The predicted molar refractivity (Wildman–Crippen MR) is 113 cm³/mol. The Morgan fingerprint density at radius 2 is 1.82 bits per heavy atom. The lowest BCUT2D eigenvalue weighted by Gasteiger charge is -2.17. The summed E-state index contributed by atoms with van der Waals surface area (Å²) in [5.74, 6) is 0.215. The van der Waals surface area contributed by atoms with Crippen LogP contribution in [0.3, 0.4) is 0 Å². The molecule has 3 rings (SSSR count). The molecule has 0 aliphatic carbocycles. The van der Waals surface area contributed by atoms with Crippen LogP contribution in [0.15, 0.2) is 47.4 Å². The third-order valence-corrected chi connectivity index (χ3v) is 5.37. The number of anilines is 1. The van der Waals surface area contributed by atoms with Crippen LogP contribution in [0.5, 0.6) is 11.5 Å². The van der Waals surface area contributed by atoms with Crippen molar-refractivity contribution in [3.8, 4) is 11.5 Å². The van der Waals surface area contributed by atoms with E-state index >= 15 is 0 Å². The number of rotatable bonds is 5. The van der Waals surface area contributed by atoms with Crippen LogP contribution >= 0.6 is 24.0 Å². The summed E-state index contributed by atoms with van der Waals surface area (Å²) in [6.07, 6.45) is 1.70. The molecule has 6 nitrogen and oxygen atoms in total. The molecule has 1 aliphatic rings. The Labute approximate surface area is 172 Å². The smallest absolute Gasteiger partial charge is 0.339 e. The van der Waals surface area contributed by atoms with Crippen molar-refractivity contribution in [1.29, 1.82) is 0 Å². The predicted octanol–water partition coefficient (Wildman–Crippen LogP) is 3.90. The number of esters is 1. The highest BCUT2D eigenvalue weighted by atomic mass is 32.2. The van der Waals surface area contributed by atoms with E-state index < -0.39 is 5.97 Å². The Morgan fingerprint density at radius 1 is 1.07 bits per heavy atom. The average Bonchev–Trinajstić information content (AvgIpc) is 3.00. The Morgan fingerprint density at radius 3 is 2.50 bits per heavy atom. The summed E-state index contributed by atoms with van der Waals surface area (Å²) in [4.78, 5) is 26.9. The van der Waals surface area contributed by atoms with Crippen molar-refractivity contribution in [1.82, 2.24) is 0 Å². The Kier molecular flexibility index (Phi) is 6.01. The van der Waals surface area contributed by atoms with Gasteiger partial charge in [-0.3, -0.25) is 9.69 Å². The monoisotopic (exact) mass is 415 g/mol.